The molecular weight excluding hydrogens is 299 g/mol. The fourth-order valence-electron chi connectivity index (χ4n) is 1.70. The molecule has 108 valence electrons. The number of ether oxygens (including phenoxy) is 1. The molecule has 0 aliphatic rings. The number of methoxy groups -OCH3 is 1. The Morgan fingerprint density at radius 3 is 2.80 bits per heavy atom. The Bertz CT molecular complexity index is 500. The lowest BCUT2D eigenvalue weighted by atomic mass is 10.1. The molecule has 0 saturated carbocycles. The Hall–Kier alpha value is -1.12. The first-order valence-electron chi connectivity index (χ1n) is 6.15. The third-order valence-corrected chi connectivity index (χ3v) is 3.31. The van der Waals surface area contributed by atoms with E-state index in [1.54, 1.807) is 25.3 Å². The highest BCUT2D eigenvalue weighted by atomic mass is 35.5. The SMILES string of the molecule is COCCN(CCC#N)CC(=O)c1cc(Cl)ccc1Cl. The second-order valence-corrected chi connectivity index (χ2v) is 5.07. The van der Waals surface area contributed by atoms with Crippen LogP contribution in [-0.4, -0.2) is 44.0 Å². The van der Waals surface area contributed by atoms with E-state index in [1.165, 1.54) is 0 Å². The molecule has 1 rings (SSSR count). The van der Waals surface area contributed by atoms with Crippen LogP contribution in [-0.2, 0) is 4.74 Å². The van der Waals surface area contributed by atoms with Gasteiger partial charge >= 0.3 is 0 Å². The van der Waals surface area contributed by atoms with E-state index in [9.17, 15) is 4.79 Å². The van der Waals surface area contributed by atoms with Crippen molar-refractivity contribution in [3.05, 3.63) is 33.8 Å². The van der Waals surface area contributed by atoms with E-state index in [2.05, 4.69) is 6.07 Å². The third kappa shape index (κ3) is 5.48. The summed E-state index contributed by atoms with van der Waals surface area (Å²) in [5.74, 6) is -0.119. The standard InChI is InChI=1S/C14H16Cl2N2O2/c1-20-8-7-18(6-2-5-17)10-14(19)12-9-11(15)3-4-13(12)16/h3-4,9H,2,6-8,10H2,1H3. The van der Waals surface area contributed by atoms with Crippen molar-refractivity contribution in [1.29, 1.82) is 5.26 Å². The number of benzene rings is 1. The van der Waals surface area contributed by atoms with Crippen molar-refractivity contribution >= 4 is 29.0 Å². The summed E-state index contributed by atoms with van der Waals surface area (Å²) in [6.45, 7) is 1.79. The number of nitriles is 1. The van der Waals surface area contributed by atoms with E-state index in [4.69, 9.17) is 33.2 Å². The second kappa shape index (κ2) is 8.93. The summed E-state index contributed by atoms with van der Waals surface area (Å²) in [6.07, 6.45) is 0.361. The van der Waals surface area contributed by atoms with Crippen LogP contribution in [0.3, 0.4) is 0 Å². The van der Waals surface area contributed by atoms with Crippen LogP contribution in [0.4, 0.5) is 0 Å². The Kier molecular flexibility index (Phi) is 7.56. The van der Waals surface area contributed by atoms with Crippen LogP contribution < -0.4 is 0 Å². The maximum absolute atomic E-state index is 12.2. The van der Waals surface area contributed by atoms with Gasteiger partial charge in [0.25, 0.3) is 0 Å². The summed E-state index contributed by atoms with van der Waals surface area (Å²) in [4.78, 5) is 14.1. The Morgan fingerprint density at radius 1 is 1.40 bits per heavy atom. The predicted octanol–water partition coefficient (Wildman–Crippen LogP) is 3.04. The topological polar surface area (TPSA) is 53.3 Å². The quantitative estimate of drug-likeness (QED) is 0.692. The normalized spacial score (nSPS) is 10.6. The van der Waals surface area contributed by atoms with E-state index >= 15 is 0 Å². The average molecular weight is 315 g/mol. The number of nitrogens with zero attached hydrogens (tertiary/aromatic N) is 2. The van der Waals surface area contributed by atoms with Gasteiger partial charge in [-0.15, -0.1) is 0 Å². The molecule has 1 aromatic rings. The molecule has 0 aliphatic carbocycles. The molecule has 0 heterocycles. The zero-order valence-corrected chi connectivity index (χ0v) is 12.7. The number of Topliss-reactive ketones (excluding diaryl/α,β-unsaturated/α-hetero) is 1. The molecule has 0 radical (unpaired) electrons. The van der Waals surface area contributed by atoms with Crippen LogP contribution in [0.25, 0.3) is 0 Å². The molecule has 0 atom stereocenters. The van der Waals surface area contributed by atoms with E-state index in [0.29, 0.717) is 41.7 Å². The summed E-state index contributed by atoms with van der Waals surface area (Å²) in [5, 5.41) is 9.49. The molecule has 0 saturated heterocycles. The van der Waals surface area contributed by atoms with Crippen LogP contribution in [0.15, 0.2) is 18.2 Å². The summed E-state index contributed by atoms with van der Waals surface area (Å²) in [5.41, 5.74) is 0.401. The smallest absolute Gasteiger partial charge is 0.178 e. The number of hydrogen-bond acceptors (Lipinski definition) is 4. The van der Waals surface area contributed by atoms with Crippen molar-refractivity contribution in [2.24, 2.45) is 0 Å². The summed E-state index contributed by atoms with van der Waals surface area (Å²) in [6, 6.07) is 6.87. The highest BCUT2D eigenvalue weighted by Gasteiger charge is 2.15. The molecule has 0 spiro atoms. The first-order valence-corrected chi connectivity index (χ1v) is 6.90. The fraction of sp³-hybridized carbons (Fsp3) is 0.429. The largest absolute Gasteiger partial charge is 0.383 e. The van der Waals surface area contributed by atoms with Gasteiger partial charge in [0.2, 0.25) is 0 Å². The van der Waals surface area contributed by atoms with Crippen molar-refractivity contribution in [3.8, 4) is 6.07 Å². The Morgan fingerprint density at radius 2 is 2.15 bits per heavy atom. The zero-order chi connectivity index (χ0) is 15.0. The summed E-state index contributed by atoms with van der Waals surface area (Å²) >= 11 is 11.9. The third-order valence-electron chi connectivity index (χ3n) is 2.75. The van der Waals surface area contributed by atoms with Crippen molar-refractivity contribution < 1.29 is 9.53 Å². The van der Waals surface area contributed by atoms with Crippen LogP contribution in [0.1, 0.15) is 16.8 Å². The molecule has 1 aromatic carbocycles. The van der Waals surface area contributed by atoms with E-state index < -0.39 is 0 Å². The highest BCUT2D eigenvalue weighted by molar-refractivity contribution is 6.36. The van der Waals surface area contributed by atoms with Crippen LogP contribution >= 0.6 is 23.2 Å². The number of ketones is 1. The molecule has 0 unspecified atom stereocenters. The molecule has 0 amide bonds. The number of carbonyl (C=O) groups is 1. The minimum absolute atomic E-state index is 0.119. The lowest BCUT2D eigenvalue weighted by molar-refractivity contribution is 0.0898. The minimum atomic E-state index is -0.119. The lowest BCUT2D eigenvalue weighted by Gasteiger charge is -2.20. The first-order chi connectivity index (χ1) is 9.58. The zero-order valence-electron chi connectivity index (χ0n) is 11.2. The van der Waals surface area contributed by atoms with Gasteiger partial charge in [-0.3, -0.25) is 9.69 Å². The van der Waals surface area contributed by atoms with Gasteiger partial charge in [-0.1, -0.05) is 23.2 Å². The van der Waals surface area contributed by atoms with Crippen LogP contribution in [0, 0.1) is 11.3 Å². The van der Waals surface area contributed by atoms with E-state index in [0.717, 1.165) is 0 Å². The average Bonchev–Trinajstić information content (AvgIpc) is 2.44. The number of carbonyl (C=O) groups excluding carboxylic acids is 1. The van der Waals surface area contributed by atoms with E-state index in [-0.39, 0.29) is 12.3 Å². The fourth-order valence-corrected chi connectivity index (χ4v) is 2.09. The van der Waals surface area contributed by atoms with Gasteiger partial charge in [0.1, 0.15) is 0 Å². The maximum atomic E-state index is 12.2. The second-order valence-electron chi connectivity index (χ2n) is 4.22. The molecule has 0 fully saturated rings. The molecule has 6 heteroatoms. The number of halogens is 2. The maximum Gasteiger partial charge on any atom is 0.178 e. The number of hydrogen-bond donors (Lipinski definition) is 0. The van der Waals surface area contributed by atoms with Crippen molar-refractivity contribution in [3.63, 3.8) is 0 Å². The number of rotatable bonds is 8. The summed E-state index contributed by atoms with van der Waals surface area (Å²) in [7, 11) is 1.60. The van der Waals surface area contributed by atoms with Gasteiger partial charge in [-0.05, 0) is 18.2 Å². The van der Waals surface area contributed by atoms with Crippen molar-refractivity contribution in [1.82, 2.24) is 4.90 Å². The molecular formula is C14H16Cl2N2O2. The van der Waals surface area contributed by atoms with E-state index in [1.807, 2.05) is 4.90 Å². The van der Waals surface area contributed by atoms with Gasteiger partial charge in [-0.25, -0.2) is 0 Å². The molecule has 0 aliphatic heterocycles. The molecule has 0 bridgehead atoms. The lowest BCUT2D eigenvalue weighted by Crippen LogP contribution is -2.33. The first kappa shape index (κ1) is 16.9. The van der Waals surface area contributed by atoms with Crippen LogP contribution in [0.2, 0.25) is 10.0 Å². The van der Waals surface area contributed by atoms with Crippen molar-refractivity contribution in [2.45, 2.75) is 6.42 Å². The van der Waals surface area contributed by atoms with Gasteiger partial charge < -0.3 is 4.74 Å². The molecule has 20 heavy (non-hydrogen) atoms. The molecule has 0 N–H and O–H groups in total. The van der Waals surface area contributed by atoms with Gasteiger partial charge in [0.15, 0.2) is 5.78 Å². The van der Waals surface area contributed by atoms with Crippen LogP contribution in [0.5, 0.6) is 0 Å². The Balaban J connectivity index is 2.73. The minimum Gasteiger partial charge on any atom is -0.383 e. The monoisotopic (exact) mass is 314 g/mol. The summed E-state index contributed by atoms with van der Waals surface area (Å²) < 4.78 is 5.00. The van der Waals surface area contributed by atoms with Gasteiger partial charge in [-0.2, -0.15) is 5.26 Å². The predicted molar refractivity (Wildman–Crippen MR) is 79.3 cm³/mol. The Labute approximate surface area is 128 Å². The van der Waals surface area contributed by atoms with Crippen molar-refractivity contribution in [2.75, 3.05) is 33.4 Å². The van der Waals surface area contributed by atoms with Gasteiger partial charge in [0.05, 0.1) is 24.2 Å². The molecule has 0 aromatic heterocycles. The highest BCUT2D eigenvalue weighted by Crippen LogP contribution is 2.21. The van der Waals surface area contributed by atoms with Gasteiger partial charge in [0, 0.05) is 37.2 Å². The molecule has 4 nitrogen and oxygen atoms in total.